The van der Waals surface area contributed by atoms with Crippen LogP contribution in [0.1, 0.15) is 18.5 Å². The summed E-state index contributed by atoms with van der Waals surface area (Å²) < 4.78 is 5.02. The second kappa shape index (κ2) is 10.1. The van der Waals surface area contributed by atoms with E-state index in [-0.39, 0.29) is 18.5 Å². The van der Waals surface area contributed by atoms with Crippen LogP contribution in [0.15, 0.2) is 29.3 Å². The highest BCUT2D eigenvalue weighted by molar-refractivity contribution is 6.30. The van der Waals surface area contributed by atoms with Crippen molar-refractivity contribution in [1.82, 2.24) is 15.5 Å². The van der Waals surface area contributed by atoms with Crippen molar-refractivity contribution >= 4 is 23.5 Å². The maximum atomic E-state index is 11.7. The second-order valence-corrected chi connectivity index (χ2v) is 5.73. The molecule has 0 radical (unpaired) electrons. The number of likely N-dealkylation sites (N-methyl/N-ethyl adjacent to an activating group) is 1. The van der Waals surface area contributed by atoms with Crippen LogP contribution in [0.25, 0.3) is 0 Å². The lowest BCUT2D eigenvalue weighted by atomic mass is 10.1. The monoisotopic (exact) mass is 340 g/mol. The summed E-state index contributed by atoms with van der Waals surface area (Å²) in [6, 6.07) is 7.63. The minimum atomic E-state index is -0.0583. The van der Waals surface area contributed by atoms with Crippen molar-refractivity contribution in [3.05, 3.63) is 34.9 Å². The highest BCUT2D eigenvalue weighted by Gasteiger charge is 2.09. The molecule has 1 aromatic carbocycles. The van der Waals surface area contributed by atoms with E-state index in [0.717, 1.165) is 5.56 Å². The molecule has 23 heavy (non-hydrogen) atoms. The SMILES string of the molecule is COCCNC(=NCC(=O)N(C)C)NC(C)c1ccc(Cl)cc1. The van der Waals surface area contributed by atoms with Crippen LogP contribution >= 0.6 is 11.6 Å². The Morgan fingerprint density at radius 1 is 1.35 bits per heavy atom. The Morgan fingerprint density at radius 2 is 2.00 bits per heavy atom. The van der Waals surface area contributed by atoms with Crippen LogP contribution in [0.4, 0.5) is 0 Å². The minimum Gasteiger partial charge on any atom is -0.383 e. The molecule has 0 aromatic heterocycles. The number of rotatable bonds is 7. The Morgan fingerprint density at radius 3 is 2.57 bits per heavy atom. The lowest BCUT2D eigenvalue weighted by molar-refractivity contribution is -0.127. The van der Waals surface area contributed by atoms with E-state index in [9.17, 15) is 4.79 Å². The molecule has 1 amide bonds. The van der Waals surface area contributed by atoms with Crippen LogP contribution in [0.5, 0.6) is 0 Å². The molecule has 128 valence electrons. The summed E-state index contributed by atoms with van der Waals surface area (Å²) in [7, 11) is 5.05. The molecule has 2 N–H and O–H groups in total. The standard InChI is InChI=1S/C16H25ClN4O2/c1-12(13-5-7-14(17)8-6-13)20-16(18-9-10-23-4)19-11-15(22)21(2)3/h5-8,12H,9-11H2,1-4H3,(H2,18,19,20). The van der Waals surface area contributed by atoms with E-state index in [1.807, 2.05) is 31.2 Å². The molecule has 6 nitrogen and oxygen atoms in total. The predicted octanol–water partition coefficient (Wildman–Crippen LogP) is 1.67. The van der Waals surface area contributed by atoms with Gasteiger partial charge < -0.3 is 20.3 Å². The first-order valence-electron chi connectivity index (χ1n) is 7.43. The largest absolute Gasteiger partial charge is 0.383 e. The number of amides is 1. The molecule has 1 atom stereocenters. The zero-order valence-electron chi connectivity index (χ0n) is 14.1. The first-order valence-corrected chi connectivity index (χ1v) is 7.81. The molecule has 0 aliphatic carbocycles. The summed E-state index contributed by atoms with van der Waals surface area (Å²) in [5.41, 5.74) is 1.08. The fraction of sp³-hybridized carbons (Fsp3) is 0.500. The van der Waals surface area contributed by atoms with Crippen LogP contribution in [-0.2, 0) is 9.53 Å². The van der Waals surface area contributed by atoms with Gasteiger partial charge in [-0.1, -0.05) is 23.7 Å². The number of ether oxygens (including phenoxy) is 1. The van der Waals surface area contributed by atoms with Crippen molar-refractivity contribution in [2.45, 2.75) is 13.0 Å². The molecule has 0 spiro atoms. The normalized spacial score (nSPS) is 12.7. The third-order valence-electron chi connectivity index (χ3n) is 3.19. The molecule has 0 saturated carbocycles. The maximum Gasteiger partial charge on any atom is 0.243 e. The molecule has 0 heterocycles. The van der Waals surface area contributed by atoms with Crippen molar-refractivity contribution in [2.24, 2.45) is 4.99 Å². The van der Waals surface area contributed by atoms with E-state index in [1.165, 1.54) is 4.90 Å². The minimum absolute atomic E-state index is 0.0236. The molecule has 0 bridgehead atoms. The smallest absolute Gasteiger partial charge is 0.243 e. The topological polar surface area (TPSA) is 66.0 Å². The van der Waals surface area contributed by atoms with Crippen LogP contribution in [0.2, 0.25) is 5.02 Å². The van der Waals surface area contributed by atoms with Gasteiger partial charge in [-0.3, -0.25) is 4.79 Å². The second-order valence-electron chi connectivity index (χ2n) is 5.29. The van der Waals surface area contributed by atoms with Crippen molar-refractivity contribution in [2.75, 3.05) is 40.9 Å². The fourth-order valence-corrected chi connectivity index (χ4v) is 1.88. The summed E-state index contributed by atoms with van der Waals surface area (Å²) in [6.45, 7) is 3.26. The van der Waals surface area contributed by atoms with Gasteiger partial charge in [0, 0.05) is 32.8 Å². The number of hydrogen-bond acceptors (Lipinski definition) is 3. The number of nitrogens with zero attached hydrogens (tertiary/aromatic N) is 2. The van der Waals surface area contributed by atoms with Gasteiger partial charge in [-0.05, 0) is 24.6 Å². The Bertz CT molecular complexity index is 517. The number of nitrogens with one attached hydrogen (secondary N) is 2. The van der Waals surface area contributed by atoms with Crippen molar-refractivity contribution in [3.8, 4) is 0 Å². The highest BCUT2D eigenvalue weighted by Crippen LogP contribution is 2.15. The van der Waals surface area contributed by atoms with Crippen LogP contribution < -0.4 is 10.6 Å². The van der Waals surface area contributed by atoms with Gasteiger partial charge in [-0.25, -0.2) is 4.99 Å². The van der Waals surface area contributed by atoms with Crippen molar-refractivity contribution in [3.63, 3.8) is 0 Å². The molecular formula is C16H25ClN4O2. The molecule has 1 aromatic rings. The molecule has 0 aliphatic heterocycles. The van der Waals surface area contributed by atoms with Gasteiger partial charge in [0.25, 0.3) is 0 Å². The molecule has 1 rings (SSSR count). The molecule has 0 saturated heterocycles. The highest BCUT2D eigenvalue weighted by atomic mass is 35.5. The van der Waals surface area contributed by atoms with E-state index < -0.39 is 0 Å². The van der Waals surface area contributed by atoms with E-state index in [1.54, 1.807) is 21.2 Å². The number of methoxy groups -OCH3 is 1. The van der Waals surface area contributed by atoms with Gasteiger partial charge in [0.2, 0.25) is 5.91 Å². The number of benzene rings is 1. The first-order chi connectivity index (χ1) is 10.9. The van der Waals surface area contributed by atoms with Gasteiger partial charge >= 0.3 is 0 Å². The summed E-state index contributed by atoms with van der Waals surface area (Å²) in [5, 5.41) is 7.12. The van der Waals surface area contributed by atoms with E-state index >= 15 is 0 Å². The third-order valence-corrected chi connectivity index (χ3v) is 3.45. The zero-order chi connectivity index (χ0) is 17.2. The predicted molar refractivity (Wildman–Crippen MR) is 93.9 cm³/mol. The van der Waals surface area contributed by atoms with Crippen LogP contribution in [0, 0.1) is 0 Å². The van der Waals surface area contributed by atoms with Crippen molar-refractivity contribution in [1.29, 1.82) is 0 Å². The number of carbonyl (C=O) groups is 1. The van der Waals surface area contributed by atoms with Gasteiger partial charge in [-0.2, -0.15) is 0 Å². The van der Waals surface area contributed by atoms with Gasteiger partial charge in [-0.15, -0.1) is 0 Å². The first kappa shape index (κ1) is 19.3. The Labute approximate surface area is 142 Å². The summed E-state index contributed by atoms with van der Waals surface area (Å²) in [4.78, 5) is 17.5. The van der Waals surface area contributed by atoms with Gasteiger partial charge in [0.05, 0.1) is 12.6 Å². The lowest BCUT2D eigenvalue weighted by Gasteiger charge is -2.19. The number of aliphatic imine (C=N–C) groups is 1. The van der Waals surface area contributed by atoms with Crippen molar-refractivity contribution < 1.29 is 9.53 Å². The molecule has 1 unspecified atom stereocenters. The van der Waals surface area contributed by atoms with E-state index in [2.05, 4.69) is 15.6 Å². The average molecular weight is 341 g/mol. The number of carbonyl (C=O) groups excluding carboxylic acids is 1. The summed E-state index contributed by atoms with van der Waals surface area (Å²) >= 11 is 5.91. The fourth-order valence-electron chi connectivity index (χ4n) is 1.75. The average Bonchev–Trinajstić information content (AvgIpc) is 2.52. The summed E-state index contributed by atoms with van der Waals surface area (Å²) in [6.07, 6.45) is 0. The van der Waals surface area contributed by atoms with Gasteiger partial charge in [0.1, 0.15) is 6.54 Å². The molecule has 7 heteroatoms. The third kappa shape index (κ3) is 7.34. The number of guanidine groups is 1. The zero-order valence-corrected chi connectivity index (χ0v) is 14.9. The quantitative estimate of drug-likeness (QED) is 0.450. The number of hydrogen-bond donors (Lipinski definition) is 2. The Kier molecular flexibility index (Phi) is 8.43. The molecule has 0 fully saturated rings. The lowest BCUT2D eigenvalue weighted by Crippen LogP contribution is -2.41. The van der Waals surface area contributed by atoms with Gasteiger partial charge in [0.15, 0.2) is 5.96 Å². The van der Waals surface area contributed by atoms with Crippen LogP contribution in [0.3, 0.4) is 0 Å². The van der Waals surface area contributed by atoms with E-state index in [0.29, 0.717) is 24.1 Å². The molecule has 0 aliphatic rings. The molecular weight excluding hydrogens is 316 g/mol. The maximum absolute atomic E-state index is 11.7. The van der Waals surface area contributed by atoms with Crippen LogP contribution in [-0.4, -0.2) is 57.7 Å². The summed E-state index contributed by atoms with van der Waals surface area (Å²) in [5.74, 6) is 0.511. The number of halogens is 1. The Balaban J connectivity index is 2.72. The Hall–Kier alpha value is -1.79. The van der Waals surface area contributed by atoms with E-state index in [4.69, 9.17) is 16.3 Å².